The van der Waals surface area contributed by atoms with Crippen molar-refractivity contribution in [3.8, 4) is 22.5 Å². The third kappa shape index (κ3) is 1.59. The van der Waals surface area contributed by atoms with Crippen molar-refractivity contribution in [3.63, 3.8) is 0 Å². The minimum atomic E-state index is 0.622. The van der Waals surface area contributed by atoms with Crippen LogP contribution in [0.1, 0.15) is 5.56 Å². The highest BCUT2D eigenvalue weighted by Gasteiger charge is 2.15. The molecule has 2 N–H and O–H groups in total. The van der Waals surface area contributed by atoms with Gasteiger partial charge in [-0.25, -0.2) is 0 Å². The van der Waals surface area contributed by atoms with Crippen molar-refractivity contribution in [2.45, 2.75) is 6.54 Å². The van der Waals surface area contributed by atoms with Gasteiger partial charge >= 0.3 is 0 Å². The highest BCUT2D eigenvalue weighted by molar-refractivity contribution is 5.82. The lowest BCUT2D eigenvalue weighted by Crippen LogP contribution is -2.12. The van der Waals surface area contributed by atoms with Gasteiger partial charge in [0.15, 0.2) is 0 Å². The number of hydrogen-bond donors (Lipinski definition) is 2. The van der Waals surface area contributed by atoms with Gasteiger partial charge in [0, 0.05) is 17.8 Å². The number of anilines is 1. The first kappa shape index (κ1) is 10.3. The van der Waals surface area contributed by atoms with Gasteiger partial charge in [0.1, 0.15) is 0 Å². The Morgan fingerprint density at radius 2 is 1.89 bits per heavy atom. The van der Waals surface area contributed by atoms with E-state index in [1.807, 2.05) is 18.2 Å². The van der Waals surface area contributed by atoms with Crippen molar-refractivity contribution in [2.75, 3.05) is 5.32 Å². The summed E-state index contributed by atoms with van der Waals surface area (Å²) in [6.45, 7) is 0.938. The molecule has 1 aromatic heterocycles. The molecule has 1 aliphatic rings. The fourth-order valence-corrected chi connectivity index (χ4v) is 2.37. The molecule has 5 heteroatoms. The molecule has 2 aromatic carbocycles. The predicted molar refractivity (Wildman–Crippen MR) is 72.4 cm³/mol. The summed E-state index contributed by atoms with van der Waals surface area (Å²) in [5.41, 5.74) is 5.86. The van der Waals surface area contributed by atoms with Crippen LogP contribution in [0.15, 0.2) is 42.5 Å². The number of fused-ring (bicyclic) bond motifs is 1. The molecule has 92 valence electrons. The SMILES string of the molecule is c1ccc(-c2nn[nH]n2)c(-c2ccc3c(c2)CN3)c1. The van der Waals surface area contributed by atoms with Crippen molar-refractivity contribution in [1.82, 2.24) is 20.6 Å². The lowest BCUT2D eigenvalue weighted by Gasteiger charge is -2.22. The van der Waals surface area contributed by atoms with Crippen LogP contribution in [0.3, 0.4) is 0 Å². The third-order valence-corrected chi connectivity index (χ3v) is 3.40. The van der Waals surface area contributed by atoms with Crippen LogP contribution in [-0.4, -0.2) is 20.6 Å². The van der Waals surface area contributed by atoms with Crippen LogP contribution < -0.4 is 5.32 Å². The zero-order valence-electron chi connectivity index (χ0n) is 10.1. The fourth-order valence-electron chi connectivity index (χ4n) is 2.37. The summed E-state index contributed by atoms with van der Waals surface area (Å²) in [6.07, 6.45) is 0. The molecule has 3 aromatic rings. The van der Waals surface area contributed by atoms with Crippen LogP contribution in [0.4, 0.5) is 5.69 Å². The van der Waals surface area contributed by atoms with Gasteiger partial charge < -0.3 is 5.32 Å². The topological polar surface area (TPSA) is 66.5 Å². The first-order valence-corrected chi connectivity index (χ1v) is 6.12. The van der Waals surface area contributed by atoms with E-state index in [4.69, 9.17) is 0 Å². The van der Waals surface area contributed by atoms with Gasteiger partial charge in [0.05, 0.1) is 0 Å². The molecule has 0 saturated carbocycles. The molecule has 5 nitrogen and oxygen atoms in total. The van der Waals surface area contributed by atoms with Gasteiger partial charge in [0.25, 0.3) is 0 Å². The first-order chi connectivity index (χ1) is 9.42. The number of hydrogen-bond acceptors (Lipinski definition) is 4. The standard InChI is InChI=1S/C14H11N5/c1-2-4-12(14-16-18-19-17-14)11(3-1)9-5-6-13-10(7-9)8-15-13/h1-7,15H,8H2,(H,16,17,18,19). The second-order valence-electron chi connectivity index (χ2n) is 4.51. The van der Waals surface area contributed by atoms with Crippen LogP contribution in [0.25, 0.3) is 22.5 Å². The molecule has 4 rings (SSSR count). The molecule has 0 bridgehead atoms. The normalized spacial score (nSPS) is 12.4. The first-order valence-electron chi connectivity index (χ1n) is 6.12. The monoisotopic (exact) mass is 249 g/mol. The lowest BCUT2D eigenvalue weighted by atomic mass is 9.95. The Labute approximate surface area is 109 Å². The summed E-state index contributed by atoms with van der Waals surface area (Å²) in [7, 11) is 0. The van der Waals surface area contributed by atoms with Crippen molar-refractivity contribution >= 4 is 5.69 Å². The van der Waals surface area contributed by atoms with Gasteiger partial charge in [-0.3, -0.25) is 0 Å². The van der Waals surface area contributed by atoms with Gasteiger partial charge in [-0.1, -0.05) is 30.3 Å². The van der Waals surface area contributed by atoms with E-state index in [0.717, 1.165) is 17.7 Å². The second kappa shape index (κ2) is 3.91. The van der Waals surface area contributed by atoms with Crippen LogP contribution >= 0.6 is 0 Å². The van der Waals surface area contributed by atoms with Gasteiger partial charge in [-0.2, -0.15) is 5.21 Å². The molecule has 0 saturated heterocycles. The molecule has 1 aliphatic heterocycles. The summed E-state index contributed by atoms with van der Waals surface area (Å²) >= 11 is 0. The summed E-state index contributed by atoms with van der Waals surface area (Å²) in [4.78, 5) is 0. The molecule has 2 heterocycles. The quantitative estimate of drug-likeness (QED) is 0.732. The zero-order chi connectivity index (χ0) is 12.7. The van der Waals surface area contributed by atoms with E-state index in [9.17, 15) is 0 Å². The Bertz CT molecular complexity index is 733. The minimum Gasteiger partial charge on any atom is -0.381 e. The molecule has 0 atom stereocenters. The molecule has 0 amide bonds. The maximum Gasteiger partial charge on any atom is 0.205 e. The van der Waals surface area contributed by atoms with Crippen molar-refractivity contribution in [2.24, 2.45) is 0 Å². The summed E-state index contributed by atoms with van der Waals surface area (Å²) in [6, 6.07) is 14.5. The van der Waals surface area contributed by atoms with Crippen molar-refractivity contribution < 1.29 is 0 Å². The molecular formula is C14H11N5. The van der Waals surface area contributed by atoms with Gasteiger partial charge in [0.2, 0.25) is 5.82 Å². The van der Waals surface area contributed by atoms with E-state index in [-0.39, 0.29) is 0 Å². The van der Waals surface area contributed by atoms with Crippen LogP contribution in [0, 0.1) is 0 Å². The number of H-pyrrole nitrogens is 1. The maximum absolute atomic E-state index is 4.07. The number of tetrazole rings is 1. The maximum atomic E-state index is 4.07. The van der Waals surface area contributed by atoms with Crippen LogP contribution in [-0.2, 0) is 6.54 Å². The largest absolute Gasteiger partial charge is 0.381 e. The second-order valence-corrected chi connectivity index (χ2v) is 4.51. The summed E-state index contributed by atoms with van der Waals surface area (Å²) < 4.78 is 0. The number of nitrogens with one attached hydrogen (secondary N) is 2. The van der Waals surface area contributed by atoms with Crippen LogP contribution in [0.5, 0.6) is 0 Å². The van der Waals surface area contributed by atoms with Crippen LogP contribution in [0.2, 0.25) is 0 Å². The summed E-state index contributed by atoms with van der Waals surface area (Å²) in [5.74, 6) is 0.622. The molecular weight excluding hydrogens is 238 g/mol. The predicted octanol–water partition coefficient (Wildman–Crippen LogP) is 2.46. The highest BCUT2D eigenvalue weighted by Crippen LogP contribution is 2.34. The number of aromatic amines is 1. The Morgan fingerprint density at radius 3 is 2.58 bits per heavy atom. The molecule has 0 fully saturated rings. The molecule has 0 unspecified atom stereocenters. The van der Waals surface area contributed by atoms with E-state index in [1.54, 1.807) is 0 Å². The Balaban J connectivity index is 1.89. The van der Waals surface area contributed by atoms with Gasteiger partial charge in [-0.15, -0.1) is 10.2 Å². The number of rotatable bonds is 2. The summed E-state index contributed by atoms with van der Waals surface area (Å²) in [5, 5.41) is 17.5. The Kier molecular flexibility index (Phi) is 2.11. The molecule has 0 radical (unpaired) electrons. The average Bonchev–Trinajstić information content (AvgIpc) is 2.94. The number of nitrogens with zero attached hydrogens (tertiary/aromatic N) is 3. The molecule has 0 spiro atoms. The van der Waals surface area contributed by atoms with E-state index < -0.39 is 0 Å². The minimum absolute atomic E-state index is 0.622. The van der Waals surface area contributed by atoms with Gasteiger partial charge in [-0.05, 0) is 34.0 Å². The van der Waals surface area contributed by atoms with E-state index in [2.05, 4.69) is 50.2 Å². The van der Waals surface area contributed by atoms with Crippen molar-refractivity contribution in [3.05, 3.63) is 48.0 Å². The lowest BCUT2D eigenvalue weighted by molar-refractivity contribution is 0.881. The number of aromatic nitrogens is 4. The fraction of sp³-hybridized carbons (Fsp3) is 0.0714. The highest BCUT2D eigenvalue weighted by atomic mass is 15.5. The van der Waals surface area contributed by atoms with E-state index in [1.165, 1.54) is 16.8 Å². The molecule has 19 heavy (non-hydrogen) atoms. The average molecular weight is 249 g/mol. The smallest absolute Gasteiger partial charge is 0.205 e. The zero-order valence-corrected chi connectivity index (χ0v) is 10.1. The Hall–Kier alpha value is -2.69. The van der Waals surface area contributed by atoms with Crippen molar-refractivity contribution in [1.29, 1.82) is 0 Å². The van der Waals surface area contributed by atoms with E-state index in [0.29, 0.717) is 5.82 Å². The molecule has 0 aliphatic carbocycles. The Morgan fingerprint density at radius 1 is 1.00 bits per heavy atom. The third-order valence-electron chi connectivity index (χ3n) is 3.40. The number of benzene rings is 2. The van der Waals surface area contributed by atoms with E-state index >= 15 is 0 Å².